The van der Waals surface area contributed by atoms with E-state index in [4.69, 9.17) is 29.2 Å². The number of hydrogen-bond donors (Lipinski definition) is 3. The fourth-order valence-corrected chi connectivity index (χ4v) is 7.36. The van der Waals surface area contributed by atoms with Crippen molar-refractivity contribution in [1.29, 1.82) is 0 Å². The summed E-state index contributed by atoms with van der Waals surface area (Å²) in [5, 5.41) is 18.1. The van der Waals surface area contributed by atoms with Crippen LogP contribution >= 0.6 is 7.75 Å². The Morgan fingerprint density at radius 3 is 2.34 bits per heavy atom. The van der Waals surface area contributed by atoms with Gasteiger partial charge >= 0.3 is 13.7 Å². The first-order valence-electron chi connectivity index (χ1n) is 16.8. The molecule has 5 rings (SSSR count). The number of ether oxygens (including phenoxy) is 2. The number of aliphatic hydroxyl groups is 1. The van der Waals surface area contributed by atoms with Gasteiger partial charge in [-0.3, -0.25) is 13.9 Å². The molecule has 268 valence electrons. The molecule has 2 aromatic heterocycles. The van der Waals surface area contributed by atoms with Crippen molar-refractivity contribution in [3.8, 4) is 5.75 Å². The third kappa shape index (κ3) is 7.95. The highest BCUT2D eigenvalue weighted by molar-refractivity contribution is 7.52. The minimum atomic E-state index is -4.45. The Morgan fingerprint density at radius 1 is 1.00 bits per heavy atom. The molecule has 12 nitrogen and oxygen atoms in total. The smallest absolute Gasteiger partial charge is 0.459 e. The van der Waals surface area contributed by atoms with Crippen LogP contribution in [0, 0.1) is 11.8 Å². The molecular formula is C37H48N5O7P. The third-order valence-electron chi connectivity index (χ3n) is 8.35. The maximum Gasteiger partial charge on any atom is 0.459 e. The molecule has 3 aromatic carbocycles. The number of pyridine rings is 1. The SMILES string of the molecule is CCOCc1nc2c(N)nc3ccccc3c2n1[C@@](O)(COP(=O)(N[C@H](C(=O)OC(C)(C)C)C(C)C)Oc1ccc2ccccc2c1)C(C)C. The summed E-state index contributed by atoms with van der Waals surface area (Å²) in [5.74, 6) is -0.719. The zero-order valence-electron chi connectivity index (χ0n) is 30.0. The first kappa shape index (κ1) is 37.2. The van der Waals surface area contributed by atoms with Gasteiger partial charge in [0, 0.05) is 17.9 Å². The molecule has 0 fully saturated rings. The number of nitrogens with zero attached hydrogens (tertiary/aromatic N) is 3. The Labute approximate surface area is 292 Å². The highest BCUT2D eigenvalue weighted by Gasteiger charge is 2.44. The number of anilines is 1. The average molecular weight is 706 g/mol. The molecule has 0 spiro atoms. The number of imidazole rings is 1. The number of rotatable bonds is 14. The molecule has 3 atom stereocenters. The normalized spacial score (nSPS) is 15.4. The maximum atomic E-state index is 15.0. The minimum absolute atomic E-state index is 0.0472. The van der Waals surface area contributed by atoms with Gasteiger partial charge in [0.15, 0.2) is 11.5 Å². The molecule has 0 bridgehead atoms. The summed E-state index contributed by atoms with van der Waals surface area (Å²) in [5.41, 5.74) is 5.26. The Morgan fingerprint density at radius 2 is 1.68 bits per heavy atom. The molecule has 13 heteroatoms. The first-order chi connectivity index (χ1) is 23.5. The van der Waals surface area contributed by atoms with Crippen LogP contribution in [0.3, 0.4) is 0 Å². The van der Waals surface area contributed by atoms with E-state index < -0.39 is 43.6 Å². The second-order valence-corrected chi connectivity index (χ2v) is 15.7. The van der Waals surface area contributed by atoms with Crippen LogP contribution in [-0.2, 0) is 35.7 Å². The summed E-state index contributed by atoms with van der Waals surface area (Å²) in [6, 6.07) is 19.3. The second kappa shape index (κ2) is 14.7. The van der Waals surface area contributed by atoms with Crippen molar-refractivity contribution >= 4 is 52.2 Å². The number of nitrogens with two attached hydrogens (primary N) is 1. The van der Waals surface area contributed by atoms with Crippen LogP contribution in [0.25, 0.3) is 32.7 Å². The second-order valence-electron chi connectivity index (χ2n) is 14.0. The van der Waals surface area contributed by atoms with Crippen LogP contribution in [0.2, 0.25) is 0 Å². The van der Waals surface area contributed by atoms with Gasteiger partial charge in [-0.1, -0.05) is 76.2 Å². The molecule has 0 aliphatic carbocycles. The first-order valence-corrected chi connectivity index (χ1v) is 18.4. The molecule has 0 saturated heterocycles. The minimum Gasteiger partial charge on any atom is -0.459 e. The summed E-state index contributed by atoms with van der Waals surface area (Å²) in [4.78, 5) is 22.8. The van der Waals surface area contributed by atoms with E-state index in [0.29, 0.717) is 34.4 Å². The Hall–Kier alpha value is -4.06. The van der Waals surface area contributed by atoms with Gasteiger partial charge in [-0.05, 0) is 62.6 Å². The number of nitrogens with one attached hydrogen (secondary N) is 1. The van der Waals surface area contributed by atoms with E-state index in [9.17, 15) is 14.5 Å². The monoisotopic (exact) mass is 705 g/mol. The van der Waals surface area contributed by atoms with E-state index in [1.165, 1.54) is 0 Å². The zero-order chi connectivity index (χ0) is 36.4. The zero-order valence-corrected chi connectivity index (χ0v) is 30.9. The molecule has 4 N–H and O–H groups in total. The number of hydrogen-bond acceptors (Lipinski definition) is 10. The van der Waals surface area contributed by atoms with Gasteiger partial charge in [0.05, 0.1) is 11.0 Å². The van der Waals surface area contributed by atoms with E-state index in [1.807, 2.05) is 75.4 Å². The lowest BCUT2D eigenvalue weighted by Gasteiger charge is -2.37. The van der Waals surface area contributed by atoms with Crippen molar-refractivity contribution in [1.82, 2.24) is 19.6 Å². The largest absolute Gasteiger partial charge is 0.459 e. The van der Waals surface area contributed by atoms with Gasteiger partial charge < -0.3 is 24.8 Å². The van der Waals surface area contributed by atoms with Crippen LogP contribution in [0.5, 0.6) is 5.75 Å². The molecular weight excluding hydrogens is 657 g/mol. The number of fused-ring (bicyclic) bond motifs is 4. The molecule has 0 aliphatic heterocycles. The lowest BCUT2D eigenvalue weighted by Crippen LogP contribution is -2.47. The van der Waals surface area contributed by atoms with Crippen molar-refractivity contribution in [2.24, 2.45) is 11.8 Å². The van der Waals surface area contributed by atoms with Crippen LogP contribution in [0.15, 0.2) is 66.7 Å². The molecule has 0 radical (unpaired) electrons. The summed E-state index contributed by atoms with van der Waals surface area (Å²) >= 11 is 0. The average Bonchev–Trinajstić information content (AvgIpc) is 3.45. The van der Waals surface area contributed by atoms with Crippen LogP contribution < -0.4 is 15.3 Å². The number of benzene rings is 3. The highest BCUT2D eigenvalue weighted by atomic mass is 31.2. The molecule has 0 saturated carbocycles. The van der Waals surface area contributed by atoms with E-state index in [2.05, 4.69) is 10.1 Å². The van der Waals surface area contributed by atoms with Gasteiger partial charge in [-0.25, -0.2) is 14.5 Å². The van der Waals surface area contributed by atoms with E-state index in [-0.39, 0.29) is 24.1 Å². The van der Waals surface area contributed by atoms with Gasteiger partial charge in [0.25, 0.3) is 0 Å². The van der Waals surface area contributed by atoms with E-state index >= 15 is 0 Å². The van der Waals surface area contributed by atoms with Crippen molar-refractivity contribution in [3.05, 3.63) is 72.6 Å². The summed E-state index contributed by atoms with van der Waals surface area (Å²) in [7, 11) is -4.45. The van der Waals surface area contributed by atoms with Crippen LogP contribution in [0.1, 0.15) is 61.2 Å². The van der Waals surface area contributed by atoms with Gasteiger partial charge in [0.2, 0.25) is 0 Å². The lowest BCUT2D eigenvalue weighted by atomic mass is 9.99. The van der Waals surface area contributed by atoms with E-state index in [1.54, 1.807) is 51.3 Å². The van der Waals surface area contributed by atoms with Crippen LogP contribution in [-0.4, -0.2) is 50.5 Å². The molecule has 0 amide bonds. The molecule has 1 unspecified atom stereocenters. The Balaban J connectivity index is 1.62. The fourth-order valence-electron chi connectivity index (χ4n) is 5.69. The molecule has 2 heterocycles. The maximum absolute atomic E-state index is 15.0. The summed E-state index contributed by atoms with van der Waals surface area (Å²) in [6.45, 7) is 14.3. The topological polar surface area (TPSA) is 160 Å². The van der Waals surface area contributed by atoms with Crippen molar-refractivity contribution < 1.29 is 33.0 Å². The van der Waals surface area contributed by atoms with E-state index in [0.717, 1.165) is 10.8 Å². The van der Waals surface area contributed by atoms with Crippen LogP contribution in [0.4, 0.5) is 5.82 Å². The van der Waals surface area contributed by atoms with Gasteiger partial charge in [-0.2, -0.15) is 5.09 Å². The number of esters is 1. The predicted molar refractivity (Wildman–Crippen MR) is 196 cm³/mol. The van der Waals surface area contributed by atoms with Gasteiger partial charge in [0.1, 0.15) is 41.9 Å². The summed E-state index contributed by atoms with van der Waals surface area (Å²) in [6.07, 6.45) is 0. The number of carbonyl (C=O) groups is 1. The highest BCUT2D eigenvalue weighted by Crippen LogP contribution is 2.48. The molecule has 0 aliphatic rings. The van der Waals surface area contributed by atoms with Crippen molar-refractivity contribution in [2.75, 3.05) is 18.9 Å². The lowest BCUT2D eigenvalue weighted by molar-refractivity contribution is -0.158. The fraction of sp³-hybridized carbons (Fsp3) is 0.432. The number of nitrogen functional groups attached to an aromatic ring is 1. The quantitative estimate of drug-likeness (QED) is 0.0785. The third-order valence-corrected chi connectivity index (χ3v) is 9.87. The van der Waals surface area contributed by atoms with Crippen molar-refractivity contribution in [3.63, 3.8) is 0 Å². The number of para-hydroxylation sites is 1. The number of carbonyl (C=O) groups excluding carboxylic acids is 1. The predicted octanol–water partition coefficient (Wildman–Crippen LogP) is 7.32. The van der Waals surface area contributed by atoms with Crippen molar-refractivity contribution in [2.45, 2.75) is 79.4 Å². The Bertz CT molecular complexity index is 2040. The molecule has 5 aromatic rings. The molecule has 50 heavy (non-hydrogen) atoms. The number of aromatic nitrogens is 3. The summed E-state index contributed by atoms with van der Waals surface area (Å²) < 4.78 is 40.5. The standard InChI is InChI=1S/C37H48N5O7P/c1-9-46-21-30-40-32-33(28-16-12-13-17-29(28)39-34(32)38)42(30)37(44,24(4)5)22-47-50(45,41-31(23(2)3)35(43)48-36(6,7)8)49-27-19-18-25-14-10-11-15-26(25)20-27/h10-20,23-24,31,44H,9,21-22H2,1-8H3,(H2,38,39)(H,41,45)/t31-,37+,50?/m0/s1. The van der Waals surface area contributed by atoms with Gasteiger partial charge in [-0.15, -0.1) is 0 Å². The Kier molecular flexibility index (Phi) is 10.9.